The van der Waals surface area contributed by atoms with Gasteiger partial charge in [0.2, 0.25) is 11.8 Å². The molecule has 134 valence electrons. The minimum atomic E-state index is -0.197. The summed E-state index contributed by atoms with van der Waals surface area (Å²) in [5.41, 5.74) is 2.03. The zero-order valence-electron chi connectivity index (χ0n) is 13.8. The van der Waals surface area contributed by atoms with Gasteiger partial charge in [-0.2, -0.15) is 0 Å². The lowest BCUT2D eigenvalue weighted by molar-refractivity contribution is -0.133. The zero-order chi connectivity index (χ0) is 18.1. The minimum Gasteiger partial charge on any atom is -0.338 e. The predicted octanol–water partition coefficient (Wildman–Crippen LogP) is 4.31. The van der Waals surface area contributed by atoms with E-state index in [9.17, 15) is 9.59 Å². The molecule has 5 nitrogen and oxygen atoms in total. The van der Waals surface area contributed by atoms with Crippen LogP contribution >= 0.6 is 34.3 Å². The number of carbonyl (C=O) groups is 2. The Balaban J connectivity index is 1.31. The molecule has 0 unspecified atom stereocenters. The molecule has 1 aliphatic heterocycles. The van der Waals surface area contributed by atoms with Gasteiger partial charge in [-0.05, 0) is 41.6 Å². The summed E-state index contributed by atoms with van der Waals surface area (Å²) in [6.07, 6.45) is 1.27. The highest BCUT2D eigenvalue weighted by Crippen LogP contribution is 2.28. The highest BCUT2D eigenvalue weighted by atomic mass is 35.5. The molecule has 0 aliphatic carbocycles. The van der Waals surface area contributed by atoms with Gasteiger partial charge in [-0.3, -0.25) is 9.59 Å². The SMILES string of the molecule is O=C(CCC(=O)N1CCc2sccc2C1)Nc1nc2ccc(Cl)cc2s1. The second-order valence-electron chi connectivity index (χ2n) is 6.11. The number of halogens is 1. The molecule has 1 aromatic carbocycles. The van der Waals surface area contributed by atoms with Crippen molar-refractivity contribution in [3.63, 3.8) is 0 Å². The molecule has 0 atom stereocenters. The lowest BCUT2D eigenvalue weighted by atomic mass is 10.1. The standard InChI is InChI=1S/C18H16ClN3O2S2/c19-12-1-2-13-15(9-12)26-18(20-13)21-16(23)3-4-17(24)22-7-5-14-11(10-22)6-8-25-14/h1-2,6,8-9H,3-5,7,10H2,(H,20,21,23). The normalized spacial score (nSPS) is 13.7. The molecule has 3 heterocycles. The molecule has 1 aliphatic rings. The number of anilines is 1. The number of nitrogens with one attached hydrogen (secondary N) is 1. The fraction of sp³-hybridized carbons (Fsp3) is 0.278. The summed E-state index contributed by atoms with van der Waals surface area (Å²) >= 11 is 9.08. The highest BCUT2D eigenvalue weighted by molar-refractivity contribution is 7.22. The molecule has 2 amide bonds. The Labute approximate surface area is 163 Å². The average molecular weight is 406 g/mol. The third-order valence-electron chi connectivity index (χ3n) is 4.32. The van der Waals surface area contributed by atoms with Crippen molar-refractivity contribution < 1.29 is 9.59 Å². The lowest BCUT2D eigenvalue weighted by Gasteiger charge is -2.27. The van der Waals surface area contributed by atoms with E-state index < -0.39 is 0 Å². The Morgan fingerprint density at radius 2 is 2.15 bits per heavy atom. The van der Waals surface area contributed by atoms with Crippen LogP contribution in [0, 0.1) is 0 Å². The average Bonchev–Trinajstić information content (AvgIpc) is 3.24. The van der Waals surface area contributed by atoms with E-state index in [1.54, 1.807) is 17.4 Å². The molecule has 0 spiro atoms. The van der Waals surface area contributed by atoms with E-state index in [0.717, 1.165) is 23.2 Å². The number of thiophene rings is 1. The van der Waals surface area contributed by atoms with Gasteiger partial charge in [0.15, 0.2) is 5.13 Å². The lowest BCUT2D eigenvalue weighted by Crippen LogP contribution is -2.35. The number of fused-ring (bicyclic) bond motifs is 2. The molecule has 0 radical (unpaired) electrons. The van der Waals surface area contributed by atoms with E-state index in [1.807, 2.05) is 17.0 Å². The molecule has 4 rings (SSSR count). The summed E-state index contributed by atoms with van der Waals surface area (Å²) in [6, 6.07) is 7.49. The van der Waals surface area contributed by atoms with E-state index in [-0.39, 0.29) is 24.7 Å². The summed E-state index contributed by atoms with van der Waals surface area (Å²) in [6.45, 7) is 1.38. The predicted molar refractivity (Wildman–Crippen MR) is 106 cm³/mol. The number of nitrogens with zero attached hydrogens (tertiary/aromatic N) is 2. The van der Waals surface area contributed by atoms with Crippen LogP contribution in [0.5, 0.6) is 0 Å². The van der Waals surface area contributed by atoms with Gasteiger partial charge in [0, 0.05) is 35.8 Å². The Morgan fingerprint density at radius 3 is 3.04 bits per heavy atom. The third kappa shape index (κ3) is 3.75. The first-order valence-corrected chi connectivity index (χ1v) is 10.3. The summed E-state index contributed by atoms with van der Waals surface area (Å²) in [4.78, 5) is 32.1. The Kier molecular flexibility index (Phi) is 4.93. The van der Waals surface area contributed by atoms with Crippen molar-refractivity contribution in [1.82, 2.24) is 9.88 Å². The summed E-state index contributed by atoms with van der Waals surface area (Å²) in [7, 11) is 0. The van der Waals surface area contributed by atoms with Crippen LogP contribution in [-0.2, 0) is 22.6 Å². The van der Waals surface area contributed by atoms with Gasteiger partial charge < -0.3 is 10.2 Å². The second kappa shape index (κ2) is 7.34. The van der Waals surface area contributed by atoms with Crippen LogP contribution in [0.25, 0.3) is 10.2 Å². The monoisotopic (exact) mass is 405 g/mol. The quantitative estimate of drug-likeness (QED) is 0.703. The number of amides is 2. The maximum Gasteiger partial charge on any atom is 0.226 e. The van der Waals surface area contributed by atoms with Crippen molar-refractivity contribution in [2.75, 3.05) is 11.9 Å². The second-order valence-corrected chi connectivity index (χ2v) is 8.58. The van der Waals surface area contributed by atoms with Gasteiger partial charge in [0.25, 0.3) is 0 Å². The number of hydrogen-bond donors (Lipinski definition) is 1. The Bertz CT molecular complexity index is 982. The van der Waals surface area contributed by atoms with Crippen molar-refractivity contribution in [1.29, 1.82) is 0 Å². The number of thiazole rings is 1. The van der Waals surface area contributed by atoms with E-state index in [1.165, 1.54) is 21.8 Å². The number of benzene rings is 1. The van der Waals surface area contributed by atoms with Crippen LogP contribution in [0.1, 0.15) is 23.3 Å². The van der Waals surface area contributed by atoms with Crippen LogP contribution in [0.2, 0.25) is 5.02 Å². The maximum atomic E-state index is 12.4. The first kappa shape index (κ1) is 17.5. The molecule has 26 heavy (non-hydrogen) atoms. The summed E-state index contributed by atoms with van der Waals surface area (Å²) in [5.74, 6) is -0.176. The third-order valence-corrected chi connectivity index (χ3v) is 6.51. The van der Waals surface area contributed by atoms with Crippen LogP contribution in [0.3, 0.4) is 0 Å². The van der Waals surface area contributed by atoms with E-state index in [4.69, 9.17) is 11.6 Å². The molecule has 2 aromatic heterocycles. The molecular formula is C18H16ClN3O2S2. The molecule has 3 aromatic rings. The van der Waals surface area contributed by atoms with Crippen LogP contribution in [0.4, 0.5) is 5.13 Å². The number of carbonyl (C=O) groups excluding carboxylic acids is 2. The van der Waals surface area contributed by atoms with Gasteiger partial charge in [0.1, 0.15) is 0 Å². The highest BCUT2D eigenvalue weighted by Gasteiger charge is 2.22. The van der Waals surface area contributed by atoms with Gasteiger partial charge in [0.05, 0.1) is 10.2 Å². The first-order valence-electron chi connectivity index (χ1n) is 8.27. The van der Waals surface area contributed by atoms with Gasteiger partial charge in [-0.25, -0.2) is 4.98 Å². The summed E-state index contributed by atoms with van der Waals surface area (Å²) < 4.78 is 0.920. The van der Waals surface area contributed by atoms with Crippen LogP contribution in [-0.4, -0.2) is 28.2 Å². The molecule has 1 N–H and O–H groups in total. The Morgan fingerprint density at radius 1 is 1.27 bits per heavy atom. The smallest absolute Gasteiger partial charge is 0.226 e. The summed E-state index contributed by atoms with van der Waals surface area (Å²) in [5, 5.41) is 6.01. The number of rotatable bonds is 4. The number of aromatic nitrogens is 1. The van der Waals surface area contributed by atoms with Crippen molar-refractivity contribution in [2.24, 2.45) is 0 Å². The van der Waals surface area contributed by atoms with E-state index in [2.05, 4.69) is 21.7 Å². The topological polar surface area (TPSA) is 62.3 Å². The molecule has 0 saturated carbocycles. The van der Waals surface area contributed by atoms with E-state index in [0.29, 0.717) is 16.7 Å². The van der Waals surface area contributed by atoms with Crippen molar-refractivity contribution in [2.45, 2.75) is 25.8 Å². The minimum absolute atomic E-state index is 0.0214. The van der Waals surface area contributed by atoms with Crippen LogP contribution < -0.4 is 5.32 Å². The maximum absolute atomic E-state index is 12.4. The van der Waals surface area contributed by atoms with Gasteiger partial charge >= 0.3 is 0 Å². The van der Waals surface area contributed by atoms with Crippen molar-refractivity contribution >= 4 is 61.4 Å². The van der Waals surface area contributed by atoms with Gasteiger partial charge in [-0.1, -0.05) is 22.9 Å². The molecule has 0 fully saturated rings. The molecule has 0 saturated heterocycles. The molecule has 0 bridgehead atoms. The van der Waals surface area contributed by atoms with Gasteiger partial charge in [-0.15, -0.1) is 11.3 Å². The first-order chi connectivity index (χ1) is 12.6. The van der Waals surface area contributed by atoms with Crippen molar-refractivity contribution in [3.05, 3.63) is 45.1 Å². The fourth-order valence-electron chi connectivity index (χ4n) is 2.97. The number of hydrogen-bond acceptors (Lipinski definition) is 5. The Hall–Kier alpha value is -1.96. The molecule has 8 heteroatoms. The van der Waals surface area contributed by atoms with Crippen LogP contribution in [0.15, 0.2) is 29.6 Å². The fourth-order valence-corrected chi connectivity index (χ4v) is 5.02. The van der Waals surface area contributed by atoms with E-state index >= 15 is 0 Å². The largest absolute Gasteiger partial charge is 0.338 e. The van der Waals surface area contributed by atoms with Crippen molar-refractivity contribution in [3.8, 4) is 0 Å². The zero-order valence-corrected chi connectivity index (χ0v) is 16.2. The molecular weight excluding hydrogens is 390 g/mol.